The van der Waals surface area contributed by atoms with E-state index < -0.39 is 29.7 Å². The highest BCUT2D eigenvalue weighted by atomic mass is 16.4. The van der Waals surface area contributed by atoms with Gasteiger partial charge in [-0.15, -0.1) is 0 Å². The van der Waals surface area contributed by atoms with Gasteiger partial charge in [0, 0.05) is 11.8 Å². The van der Waals surface area contributed by atoms with Crippen molar-refractivity contribution in [3.63, 3.8) is 0 Å². The maximum atomic E-state index is 12.9. The van der Waals surface area contributed by atoms with Crippen LogP contribution in [0.25, 0.3) is 11.1 Å². The minimum Gasteiger partial charge on any atom is -0.509 e. The quantitative estimate of drug-likeness (QED) is 0.719. The lowest BCUT2D eigenvalue weighted by molar-refractivity contribution is -0.137. The molecule has 2 heterocycles. The van der Waals surface area contributed by atoms with E-state index in [2.05, 4.69) is 5.32 Å². The van der Waals surface area contributed by atoms with Crippen LogP contribution in [0.4, 0.5) is 0 Å². The number of rotatable bonds is 4. The van der Waals surface area contributed by atoms with Crippen LogP contribution in [0.5, 0.6) is 0 Å². The normalized spacial score (nSPS) is 17.4. The van der Waals surface area contributed by atoms with E-state index >= 15 is 0 Å². The third-order valence-corrected chi connectivity index (χ3v) is 5.33. The molecule has 1 aliphatic carbocycles. The van der Waals surface area contributed by atoms with Gasteiger partial charge in [-0.3, -0.25) is 14.4 Å². The topological polar surface area (TPSA) is 109 Å². The number of aliphatic hydroxyl groups is 1. The molecule has 0 atom stereocenters. The molecular weight excluding hydrogens is 348 g/mol. The summed E-state index contributed by atoms with van der Waals surface area (Å²) in [6.45, 7) is -0.619. The zero-order valence-electron chi connectivity index (χ0n) is 14.4. The Morgan fingerprint density at radius 3 is 2.44 bits per heavy atom. The predicted molar refractivity (Wildman–Crippen MR) is 96.3 cm³/mol. The molecule has 1 fully saturated rings. The van der Waals surface area contributed by atoms with Gasteiger partial charge in [-0.1, -0.05) is 30.3 Å². The van der Waals surface area contributed by atoms with E-state index in [9.17, 15) is 19.5 Å². The number of aliphatic hydroxyl groups excluding tert-OH is 1. The largest absolute Gasteiger partial charge is 0.509 e. The highest BCUT2D eigenvalue weighted by Crippen LogP contribution is 2.49. The van der Waals surface area contributed by atoms with Crippen molar-refractivity contribution in [3.05, 3.63) is 59.6 Å². The van der Waals surface area contributed by atoms with E-state index in [1.54, 1.807) is 10.6 Å². The molecule has 7 nitrogen and oxygen atoms in total. The van der Waals surface area contributed by atoms with Gasteiger partial charge >= 0.3 is 5.97 Å². The fourth-order valence-corrected chi connectivity index (χ4v) is 3.81. The summed E-state index contributed by atoms with van der Waals surface area (Å²) in [5.41, 5.74) is 0.905. The van der Waals surface area contributed by atoms with E-state index in [0.717, 1.165) is 17.5 Å². The van der Waals surface area contributed by atoms with Crippen LogP contribution >= 0.6 is 0 Å². The second-order valence-electron chi connectivity index (χ2n) is 6.86. The number of fused-ring (bicyclic) bond motifs is 2. The lowest BCUT2D eigenvalue weighted by Crippen LogP contribution is -2.49. The summed E-state index contributed by atoms with van der Waals surface area (Å²) in [6, 6.07) is 11.3. The molecule has 2 aromatic rings. The first-order chi connectivity index (χ1) is 12.9. The summed E-state index contributed by atoms with van der Waals surface area (Å²) >= 11 is 0. The molecule has 4 rings (SSSR count). The Labute approximate surface area is 154 Å². The van der Waals surface area contributed by atoms with E-state index in [4.69, 9.17) is 5.11 Å². The molecule has 1 spiro atoms. The predicted octanol–water partition coefficient (Wildman–Crippen LogP) is 2.24. The molecule has 2 aliphatic rings. The number of carbonyl (C=O) groups is 3. The molecule has 1 aliphatic heterocycles. The Balaban J connectivity index is 1.79. The number of carboxylic acids is 1. The average Bonchev–Trinajstić information content (AvgIpc) is 3.05. The van der Waals surface area contributed by atoms with E-state index in [-0.39, 0.29) is 11.3 Å². The van der Waals surface area contributed by atoms with Crippen LogP contribution in [0.3, 0.4) is 0 Å². The number of hydrogen-bond acceptors (Lipinski definition) is 4. The van der Waals surface area contributed by atoms with Crippen LogP contribution in [0.1, 0.15) is 29.8 Å². The van der Waals surface area contributed by atoms with Crippen LogP contribution in [-0.4, -0.2) is 39.0 Å². The number of nitrogens with zero attached hydrogens (tertiary/aromatic N) is 1. The number of aliphatic carboxylic acids is 1. The summed E-state index contributed by atoms with van der Waals surface area (Å²) < 4.78 is 1.77. The van der Waals surface area contributed by atoms with Gasteiger partial charge in [-0.2, -0.15) is 0 Å². The van der Waals surface area contributed by atoms with Crippen molar-refractivity contribution < 1.29 is 24.6 Å². The monoisotopic (exact) mass is 366 g/mol. The standard InChI is InChI=1S/C20H18N2O5/c23-15(24)10-21-19(27)16-17(25)14-9-13(12-5-2-1-3-6-12)11-22(14)20(18(16)26)7-4-8-20/h1-3,5-6,9,11,26H,4,7-8,10H2,(H,21,27)(H,23,24). The minimum absolute atomic E-state index is 0.274. The van der Waals surface area contributed by atoms with Gasteiger partial charge in [0.15, 0.2) is 0 Å². The number of amides is 1. The Hall–Kier alpha value is -3.35. The number of benzene rings is 1. The smallest absolute Gasteiger partial charge is 0.322 e. The maximum absolute atomic E-state index is 12.9. The van der Waals surface area contributed by atoms with Crippen LogP contribution in [0.15, 0.2) is 53.9 Å². The Morgan fingerprint density at radius 1 is 1.15 bits per heavy atom. The molecule has 138 valence electrons. The third kappa shape index (κ3) is 2.54. The number of allylic oxidation sites excluding steroid dienone is 1. The number of Topliss-reactive ketones (excluding diaryl/α,β-unsaturated/α-hetero) is 1. The van der Waals surface area contributed by atoms with Gasteiger partial charge in [0.25, 0.3) is 5.91 Å². The second-order valence-corrected chi connectivity index (χ2v) is 6.86. The van der Waals surface area contributed by atoms with Gasteiger partial charge < -0.3 is 20.1 Å². The second kappa shape index (κ2) is 6.12. The molecule has 27 heavy (non-hydrogen) atoms. The first-order valence-corrected chi connectivity index (χ1v) is 8.71. The van der Waals surface area contributed by atoms with Crippen molar-refractivity contribution in [2.45, 2.75) is 24.8 Å². The van der Waals surface area contributed by atoms with Crippen LogP contribution in [0.2, 0.25) is 0 Å². The van der Waals surface area contributed by atoms with Crippen molar-refractivity contribution >= 4 is 17.7 Å². The van der Waals surface area contributed by atoms with Crippen molar-refractivity contribution in [2.75, 3.05) is 6.54 Å². The van der Waals surface area contributed by atoms with E-state index in [1.807, 2.05) is 36.5 Å². The Morgan fingerprint density at radius 2 is 1.85 bits per heavy atom. The van der Waals surface area contributed by atoms with Crippen LogP contribution < -0.4 is 5.32 Å². The molecule has 7 heteroatoms. The van der Waals surface area contributed by atoms with Crippen molar-refractivity contribution in [3.8, 4) is 11.1 Å². The average molecular weight is 366 g/mol. The molecule has 3 N–H and O–H groups in total. The van der Waals surface area contributed by atoms with Gasteiger partial charge in [-0.05, 0) is 30.9 Å². The zero-order valence-corrected chi connectivity index (χ0v) is 14.4. The van der Waals surface area contributed by atoms with Gasteiger partial charge in [-0.25, -0.2) is 0 Å². The number of carbonyl (C=O) groups excluding carboxylic acids is 2. The third-order valence-electron chi connectivity index (χ3n) is 5.33. The lowest BCUT2D eigenvalue weighted by atomic mass is 9.71. The Bertz CT molecular complexity index is 983. The van der Waals surface area contributed by atoms with Crippen molar-refractivity contribution in [1.29, 1.82) is 0 Å². The highest BCUT2D eigenvalue weighted by molar-refractivity contribution is 6.26. The van der Waals surface area contributed by atoms with Crippen LogP contribution in [-0.2, 0) is 15.1 Å². The summed E-state index contributed by atoms with van der Waals surface area (Å²) in [5.74, 6) is -2.96. The fourth-order valence-electron chi connectivity index (χ4n) is 3.81. The summed E-state index contributed by atoms with van der Waals surface area (Å²) in [7, 11) is 0. The summed E-state index contributed by atoms with van der Waals surface area (Å²) in [5, 5.41) is 21.7. The lowest BCUT2D eigenvalue weighted by Gasteiger charge is -2.46. The molecule has 1 aromatic heterocycles. The zero-order chi connectivity index (χ0) is 19.2. The molecule has 0 radical (unpaired) electrons. The van der Waals surface area contributed by atoms with Crippen LogP contribution in [0, 0.1) is 0 Å². The first-order valence-electron chi connectivity index (χ1n) is 8.71. The first kappa shape index (κ1) is 17.1. The molecule has 0 unspecified atom stereocenters. The van der Waals surface area contributed by atoms with Crippen molar-refractivity contribution in [2.24, 2.45) is 0 Å². The molecule has 0 bridgehead atoms. The molecule has 1 amide bonds. The molecule has 1 saturated carbocycles. The van der Waals surface area contributed by atoms with E-state index in [1.165, 1.54) is 0 Å². The highest BCUT2D eigenvalue weighted by Gasteiger charge is 2.51. The molecular formula is C20H18N2O5. The van der Waals surface area contributed by atoms with Gasteiger partial charge in [0.1, 0.15) is 23.4 Å². The molecule has 0 saturated heterocycles. The number of aromatic nitrogens is 1. The van der Waals surface area contributed by atoms with Gasteiger partial charge in [0.05, 0.1) is 5.69 Å². The number of nitrogens with one attached hydrogen (secondary N) is 1. The minimum atomic E-state index is -1.22. The number of carboxylic acid groups (broad SMARTS) is 1. The number of hydrogen-bond donors (Lipinski definition) is 3. The maximum Gasteiger partial charge on any atom is 0.322 e. The van der Waals surface area contributed by atoms with E-state index in [0.29, 0.717) is 18.5 Å². The molecule has 1 aromatic carbocycles. The fraction of sp³-hybridized carbons (Fsp3) is 0.250. The Kier molecular flexibility index (Phi) is 3.87. The SMILES string of the molecule is O=C(O)CNC(=O)C1=C(O)C2(CCC2)n2cc(-c3ccccc3)cc2C1=O. The summed E-state index contributed by atoms with van der Waals surface area (Å²) in [4.78, 5) is 36.1. The van der Waals surface area contributed by atoms with Crippen molar-refractivity contribution in [1.82, 2.24) is 9.88 Å². The summed E-state index contributed by atoms with van der Waals surface area (Å²) in [6.07, 6.45) is 3.92. The van der Waals surface area contributed by atoms with Gasteiger partial charge in [0.2, 0.25) is 5.78 Å². The number of ketones is 1.